The van der Waals surface area contributed by atoms with Crippen molar-refractivity contribution in [1.29, 1.82) is 0 Å². The van der Waals surface area contributed by atoms with Gasteiger partial charge in [0, 0.05) is 12.6 Å². The van der Waals surface area contributed by atoms with Crippen molar-refractivity contribution in [2.24, 2.45) is 0 Å². The monoisotopic (exact) mass is 341 g/mol. The molecule has 0 aliphatic carbocycles. The van der Waals surface area contributed by atoms with E-state index < -0.39 is 6.10 Å². The van der Waals surface area contributed by atoms with Crippen LogP contribution < -0.4 is 10.1 Å². The summed E-state index contributed by atoms with van der Waals surface area (Å²) in [6.45, 7) is 7.23. The smallest absolute Gasteiger partial charge is 0.119 e. The summed E-state index contributed by atoms with van der Waals surface area (Å²) in [6, 6.07) is 16.9. The Labute approximate surface area is 152 Å². The predicted octanol–water partition coefficient (Wildman–Crippen LogP) is 4.43. The van der Waals surface area contributed by atoms with E-state index in [0.717, 1.165) is 25.0 Å². The molecule has 0 spiro atoms. The van der Waals surface area contributed by atoms with Gasteiger partial charge in [-0.25, -0.2) is 0 Å². The van der Waals surface area contributed by atoms with E-state index in [4.69, 9.17) is 4.74 Å². The second-order valence-corrected chi connectivity index (χ2v) is 6.64. The lowest BCUT2D eigenvalue weighted by Gasteiger charge is -2.20. The van der Waals surface area contributed by atoms with Gasteiger partial charge in [0.25, 0.3) is 0 Å². The van der Waals surface area contributed by atoms with E-state index in [2.05, 4.69) is 62.5 Å². The van der Waals surface area contributed by atoms with Crippen molar-refractivity contribution in [2.45, 2.75) is 52.2 Å². The Bertz CT molecular complexity index is 607. The molecule has 0 fully saturated rings. The molecule has 0 amide bonds. The zero-order valence-electron chi connectivity index (χ0n) is 15.7. The topological polar surface area (TPSA) is 41.5 Å². The molecule has 0 aliphatic heterocycles. The van der Waals surface area contributed by atoms with E-state index in [1.807, 2.05) is 12.1 Å². The molecule has 2 N–H and O–H groups in total. The molecular weight excluding hydrogens is 310 g/mol. The number of aryl methyl sites for hydroxylation is 2. The van der Waals surface area contributed by atoms with Gasteiger partial charge in [0.2, 0.25) is 0 Å². The first-order valence-electron chi connectivity index (χ1n) is 9.32. The zero-order valence-corrected chi connectivity index (χ0v) is 15.7. The third-order valence-corrected chi connectivity index (χ3v) is 4.39. The Kier molecular flexibility index (Phi) is 7.96. The summed E-state index contributed by atoms with van der Waals surface area (Å²) in [6.07, 6.45) is 2.68. The summed E-state index contributed by atoms with van der Waals surface area (Å²) >= 11 is 0. The first-order chi connectivity index (χ1) is 12.1. The van der Waals surface area contributed by atoms with Crippen molar-refractivity contribution in [2.75, 3.05) is 13.2 Å². The molecule has 25 heavy (non-hydrogen) atoms. The average molecular weight is 341 g/mol. The number of hydrogen-bond donors (Lipinski definition) is 2. The predicted molar refractivity (Wildman–Crippen MR) is 104 cm³/mol. The molecule has 136 valence electrons. The molecule has 2 rings (SSSR count). The van der Waals surface area contributed by atoms with Gasteiger partial charge in [-0.3, -0.25) is 0 Å². The van der Waals surface area contributed by atoms with E-state index in [0.29, 0.717) is 13.2 Å². The SMILES string of the molecule is CCCc1ccc(OCC(O)CNC(CC)c2ccc(C)cc2)cc1. The number of benzene rings is 2. The minimum absolute atomic E-state index is 0.253. The van der Waals surface area contributed by atoms with E-state index in [9.17, 15) is 5.11 Å². The Morgan fingerprint density at radius 3 is 2.28 bits per heavy atom. The van der Waals surface area contributed by atoms with E-state index in [1.165, 1.54) is 16.7 Å². The van der Waals surface area contributed by atoms with E-state index in [1.54, 1.807) is 0 Å². The van der Waals surface area contributed by atoms with Gasteiger partial charge in [-0.1, -0.05) is 62.2 Å². The van der Waals surface area contributed by atoms with Crippen molar-refractivity contribution in [3.63, 3.8) is 0 Å². The van der Waals surface area contributed by atoms with Crippen LogP contribution in [-0.4, -0.2) is 24.4 Å². The van der Waals surface area contributed by atoms with Gasteiger partial charge in [0.1, 0.15) is 18.5 Å². The van der Waals surface area contributed by atoms with Crippen LogP contribution in [0.3, 0.4) is 0 Å². The fourth-order valence-corrected chi connectivity index (χ4v) is 2.87. The lowest BCUT2D eigenvalue weighted by atomic mass is 10.0. The van der Waals surface area contributed by atoms with Crippen LogP contribution in [0.25, 0.3) is 0 Å². The summed E-state index contributed by atoms with van der Waals surface area (Å²) < 4.78 is 5.70. The highest BCUT2D eigenvalue weighted by molar-refractivity contribution is 5.27. The molecule has 0 bridgehead atoms. The molecule has 0 aliphatic rings. The van der Waals surface area contributed by atoms with Gasteiger partial charge in [-0.15, -0.1) is 0 Å². The Morgan fingerprint density at radius 2 is 1.68 bits per heavy atom. The zero-order chi connectivity index (χ0) is 18.1. The van der Waals surface area contributed by atoms with E-state index in [-0.39, 0.29) is 6.04 Å². The maximum absolute atomic E-state index is 10.2. The van der Waals surface area contributed by atoms with Crippen LogP contribution >= 0.6 is 0 Å². The molecule has 0 saturated heterocycles. The largest absolute Gasteiger partial charge is 0.491 e. The number of rotatable bonds is 10. The third kappa shape index (κ3) is 6.52. The quantitative estimate of drug-likeness (QED) is 0.672. The van der Waals surface area contributed by atoms with Gasteiger partial charge in [-0.05, 0) is 43.0 Å². The first-order valence-corrected chi connectivity index (χ1v) is 9.32. The van der Waals surface area contributed by atoms with Crippen molar-refractivity contribution >= 4 is 0 Å². The standard InChI is InChI=1S/C22H31NO2/c1-4-6-18-9-13-21(14-10-18)25-16-20(24)15-23-22(5-2)19-11-7-17(3)8-12-19/h7-14,20,22-24H,4-6,15-16H2,1-3H3. The fourth-order valence-electron chi connectivity index (χ4n) is 2.87. The molecule has 2 atom stereocenters. The molecule has 0 aromatic heterocycles. The molecular formula is C22H31NO2. The van der Waals surface area contributed by atoms with Crippen LogP contribution in [0.1, 0.15) is 49.4 Å². The van der Waals surface area contributed by atoms with Crippen LogP contribution in [0.2, 0.25) is 0 Å². The lowest BCUT2D eigenvalue weighted by Crippen LogP contribution is -2.33. The molecule has 2 aromatic rings. The Hall–Kier alpha value is -1.84. The van der Waals surface area contributed by atoms with Gasteiger partial charge in [0.05, 0.1) is 0 Å². The van der Waals surface area contributed by atoms with Crippen molar-refractivity contribution in [3.8, 4) is 5.75 Å². The Balaban J connectivity index is 1.77. The summed E-state index contributed by atoms with van der Waals surface area (Å²) in [7, 11) is 0. The Morgan fingerprint density at radius 1 is 1.00 bits per heavy atom. The summed E-state index contributed by atoms with van der Waals surface area (Å²) in [5, 5.41) is 13.6. The minimum atomic E-state index is -0.533. The van der Waals surface area contributed by atoms with Crippen LogP contribution in [0, 0.1) is 6.92 Å². The van der Waals surface area contributed by atoms with Gasteiger partial charge < -0.3 is 15.2 Å². The average Bonchev–Trinajstić information content (AvgIpc) is 2.63. The number of ether oxygens (including phenoxy) is 1. The maximum Gasteiger partial charge on any atom is 0.119 e. The number of aliphatic hydroxyl groups excluding tert-OH is 1. The highest BCUT2D eigenvalue weighted by Crippen LogP contribution is 2.17. The van der Waals surface area contributed by atoms with Crippen molar-refractivity contribution in [1.82, 2.24) is 5.32 Å². The lowest BCUT2D eigenvalue weighted by molar-refractivity contribution is 0.103. The molecule has 3 heteroatoms. The molecule has 3 nitrogen and oxygen atoms in total. The summed E-state index contributed by atoms with van der Waals surface area (Å²) in [5.74, 6) is 0.810. The second-order valence-electron chi connectivity index (χ2n) is 6.64. The molecule has 0 saturated carbocycles. The summed E-state index contributed by atoms with van der Waals surface area (Å²) in [4.78, 5) is 0. The number of aliphatic hydroxyl groups is 1. The van der Waals surface area contributed by atoms with Gasteiger partial charge in [-0.2, -0.15) is 0 Å². The minimum Gasteiger partial charge on any atom is -0.491 e. The fraction of sp³-hybridized carbons (Fsp3) is 0.455. The number of hydrogen-bond acceptors (Lipinski definition) is 3. The molecule has 0 heterocycles. The highest BCUT2D eigenvalue weighted by Gasteiger charge is 2.12. The summed E-state index contributed by atoms with van der Waals surface area (Å²) in [5.41, 5.74) is 3.84. The van der Waals surface area contributed by atoms with Crippen LogP contribution in [0.15, 0.2) is 48.5 Å². The first kappa shape index (κ1) is 19.5. The number of nitrogens with one attached hydrogen (secondary N) is 1. The maximum atomic E-state index is 10.2. The normalized spacial score (nSPS) is 13.4. The van der Waals surface area contributed by atoms with Gasteiger partial charge in [0.15, 0.2) is 0 Å². The van der Waals surface area contributed by atoms with Crippen molar-refractivity contribution in [3.05, 3.63) is 65.2 Å². The van der Waals surface area contributed by atoms with Crippen molar-refractivity contribution < 1.29 is 9.84 Å². The molecule has 2 unspecified atom stereocenters. The highest BCUT2D eigenvalue weighted by atomic mass is 16.5. The molecule has 0 radical (unpaired) electrons. The van der Waals surface area contributed by atoms with Crippen LogP contribution in [0.5, 0.6) is 5.75 Å². The second kappa shape index (κ2) is 10.2. The van der Waals surface area contributed by atoms with Crippen LogP contribution in [0.4, 0.5) is 0 Å². The van der Waals surface area contributed by atoms with E-state index >= 15 is 0 Å². The third-order valence-electron chi connectivity index (χ3n) is 4.39. The van der Waals surface area contributed by atoms with Gasteiger partial charge >= 0.3 is 0 Å². The van der Waals surface area contributed by atoms with Crippen LogP contribution in [-0.2, 0) is 6.42 Å². The molecule has 2 aromatic carbocycles.